The standard InChI is InChI=1S/C28H34N2O5/c1-19(15-25(31)30-28(16-26(32)33)13-7-2-8-14-28)17-29-27(34)35-18-24-22-11-5-3-9-20(22)21-10-4-6-12-23(21)24/h3-6,9-12,19,24H,2,7-8,13-18H2,1H3,(H,29,34)(H,30,31)(H,32,33). The average Bonchev–Trinajstić information content (AvgIpc) is 3.15. The normalized spacial score (nSPS) is 17.1. The molecule has 0 radical (unpaired) electrons. The summed E-state index contributed by atoms with van der Waals surface area (Å²) in [6.45, 7) is 2.43. The summed E-state index contributed by atoms with van der Waals surface area (Å²) in [6, 6.07) is 16.4. The van der Waals surface area contributed by atoms with Gasteiger partial charge < -0.3 is 20.5 Å². The van der Waals surface area contributed by atoms with Gasteiger partial charge in [-0.25, -0.2) is 4.79 Å². The molecule has 1 saturated carbocycles. The van der Waals surface area contributed by atoms with Crippen molar-refractivity contribution in [2.45, 2.75) is 63.3 Å². The van der Waals surface area contributed by atoms with Crippen LogP contribution in [0.1, 0.15) is 68.9 Å². The maximum Gasteiger partial charge on any atom is 0.407 e. The Balaban J connectivity index is 1.25. The number of aliphatic carboxylic acids is 1. The molecule has 0 aromatic heterocycles. The quantitative estimate of drug-likeness (QED) is 0.478. The minimum absolute atomic E-state index is 0.00253. The number of amides is 2. The fourth-order valence-corrected chi connectivity index (χ4v) is 5.51. The van der Waals surface area contributed by atoms with Gasteiger partial charge in [0.1, 0.15) is 6.61 Å². The van der Waals surface area contributed by atoms with E-state index in [0.29, 0.717) is 19.4 Å². The lowest BCUT2D eigenvalue weighted by Crippen LogP contribution is -2.51. The van der Waals surface area contributed by atoms with Crippen LogP contribution in [0.25, 0.3) is 11.1 Å². The second-order valence-electron chi connectivity index (χ2n) is 9.98. The first-order valence-corrected chi connectivity index (χ1v) is 12.5. The van der Waals surface area contributed by atoms with E-state index in [2.05, 4.69) is 34.9 Å². The molecule has 7 nitrogen and oxygen atoms in total. The number of carboxylic acid groups (broad SMARTS) is 1. The van der Waals surface area contributed by atoms with Gasteiger partial charge in [-0.2, -0.15) is 0 Å². The third-order valence-corrected chi connectivity index (χ3v) is 7.18. The number of carboxylic acids is 1. The predicted octanol–water partition coefficient (Wildman–Crippen LogP) is 4.85. The van der Waals surface area contributed by atoms with Gasteiger partial charge in [-0.3, -0.25) is 9.59 Å². The van der Waals surface area contributed by atoms with E-state index in [1.807, 2.05) is 31.2 Å². The number of fused-ring (bicyclic) bond motifs is 3. The van der Waals surface area contributed by atoms with E-state index >= 15 is 0 Å². The molecule has 2 aliphatic rings. The Bertz CT molecular complexity index is 1030. The van der Waals surface area contributed by atoms with Crippen molar-refractivity contribution in [2.75, 3.05) is 13.2 Å². The molecule has 4 rings (SSSR count). The van der Waals surface area contributed by atoms with Gasteiger partial charge in [0.25, 0.3) is 0 Å². The molecule has 1 atom stereocenters. The average molecular weight is 479 g/mol. The summed E-state index contributed by atoms with van der Waals surface area (Å²) in [5.41, 5.74) is 4.01. The van der Waals surface area contributed by atoms with Gasteiger partial charge in [-0.05, 0) is 41.0 Å². The monoisotopic (exact) mass is 478 g/mol. The Kier molecular flexibility index (Phi) is 7.73. The van der Waals surface area contributed by atoms with Crippen LogP contribution < -0.4 is 10.6 Å². The van der Waals surface area contributed by atoms with Crippen LogP contribution in [0.4, 0.5) is 4.79 Å². The van der Waals surface area contributed by atoms with Crippen LogP contribution >= 0.6 is 0 Å². The van der Waals surface area contributed by atoms with Gasteiger partial charge in [0.05, 0.1) is 12.0 Å². The Morgan fingerprint density at radius 3 is 2.20 bits per heavy atom. The minimum Gasteiger partial charge on any atom is -0.481 e. The van der Waals surface area contributed by atoms with Gasteiger partial charge in [0, 0.05) is 18.9 Å². The molecule has 2 amide bonds. The third-order valence-electron chi connectivity index (χ3n) is 7.18. The summed E-state index contributed by atoms with van der Waals surface area (Å²) in [7, 11) is 0. The lowest BCUT2D eigenvalue weighted by molar-refractivity contribution is -0.139. The first-order valence-electron chi connectivity index (χ1n) is 12.5. The highest BCUT2D eigenvalue weighted by Gasteiger charge is 2.36. The number of ether oxygens (including phenoxy) is 1. The number of hydrogen-bond donors (Lipinski definition) is 3. The Labute approximate surface area is 206 Å². The van der Waals surface area contributed by atoms with E-state index in [-0.39, 0.29) is 37.2 Å². The molecule has 186 valence electrons. The van der Waals surface area contributed by atoms with Gasteiger partial charge in [0.2, 0.25) is 5.91 Å². The molecule has 7 heteroatoms. The molecule has 3 N–H and O–H groups in total. The Morgan fingerprint density at radius 2 is 1.60 bits per heavy atom. The highest BCUT2D eigenvalue weighted by Crippen LogP contribution is 2.44. The van der Waals surface area contributed by atoms with Crippen LogP contribution in [0.5, 0.6) is 0 Å². The topological polar surface area (TPSA) is 105 Å². The second kappa shape index (κ2) is 10.9. The predicted molar refractivity (Wildman–Crippen MR) is 133 cm³/mol. The highest BCUT2D eigenvalue weighted by atomic mass is 16.5. The molecule has 2 aromatic carbocycles. The van der Waals surface area contributed by atoms with Crippen LogP contribution in [0.2, 0.25) is 0 Å². The van der Waals surface area contributed by atoms with Crippen molar-refractivity contribution in [3.05, 3.63) is 59.7 Å². The number of hydrogen-bond acceptors (Lipinski definition) is 4. The van der Waals surface area contributed by atoms with Crippen LogP contribution in [-0.4, -0.2) is 41.8 Å². The number of benzene rings is 2. The summed E-state index contributed by atoms with van der Waals surface area (Å²) >= 11 is 0. The number of nitrogens with one attached hydrogen (secondary N) is 2. The lowest BCUT2D eigenvalue weighted by Gasteiger charge is -2.37. The van der Waals surface area contributed by atoms with E-state index < -0.39 is 17.6 Å². The van der Waals surface area contributed by atoms with Gasteiger partial charge in [-0.1, -0.05) is 74.7 Å². The summed E-state index contributed by atoms with van der Waals surface area (Å²) in [5, 5.41) is 15.1. The molecular formula is C28H34N2O5. The molecule has 0 saturated heterocycles. The molecule has 0 heterocycles. The molecule has 0 spiro atoms. The number of alkyl carbamates (subject to hydrolysis) is 1. The zero-order chi connectivity index (χ0) is 24.8. The van der Waals surface area contributed by atoms with Crippen LogP contribution in [0.3, 0.4) is 0 Å². The van der Waals surface area contributed by atoms with Gasteiger partial charge >= 0.3 is 12.1 Å². The Morgan fingerprint density at radius 1 is 1.00 bits per heavy atom. The third kappa shape index (κ3) is 6.02. The number of rotatable bonds is 9. The molecular weight excluding hydrogens is 444 g/mol. The first kappa shape index (κ1) is 24.8. The van der Waals surface area contributed by atoms with Crippen molar-refractivity contribution in [1.29, 1.82) is 0 Å². The molecule has 0 bridgehead atoms. The summed E-state index contributed by atoms with van der Waals surface area (Å²) < 4.78 is 5.56. The van der Waals surface area contributed by atoms with Crippen LogP contribution in [0.15, 0.2) is 48.5 Å². The summed E-state index contributed by atoms with van der Waals surface area (Å²) in [4.78, 5) is 36.4. The van der Waals surface area contributed by atoms with Crippen molar-refractivity contribution >= 4 is 18.0 Å². The fourth-order valence-electron chi connectivity index (χ4n) is 5.51. The molecule has 1 unspecified atom stereocenters. The number of carbonyl (C=O) groups is 3. The molecule has 35 heavy (non-hydrogen) atoms. The molecule has 2 aliphatic carbocycles. The first-order chi connectivity index (χ1) is 16.9. The zero-order valence-corrected chi connectivity index (χ0v) is 20.2. The minimum atomic E-state index is -0.892. The van der Waals surface area contributed by atoms with Crippen molar-refractivity contribution in [2.24, 2.45) is 5.92 Å². The molecule has 0 aliphatic heterocycles. The number of carbonyl (C=O) groups excluding carboxylic acids is 2. The highest BCUT2D eigenvalue weighted by molar-refractivity contribution is 5.80. The summed E-state index contributed by atoms with van der Waals surface area (Å²) in [5.74, 6) is -1.18. The van der Waals surface area contributed by atoms with Crippen LogP contribution in [-0.2, 0) is 14.3 Å². The van der Waals surface area contributed by atoms with Gasteiger partial charge in [-0.15, -0.1) is 0 Å². The van der Waals surface area contributed by atoms with Crippen molar-refractivity contribution in [3.63, 3.8) is 0 Å². The van der Waals surface area contributed by atoms with Crippen molar-refractivity contribution in [3.8, 4) is 11.1 Å². The fraction of sp³-hybridized carbons (Fsp3) is 0.464. The maximum atomic E-state index is 12.6. The smallest absolute Gasteiger partial charge is 0.407 e. The van der Waals surface area contributed by atoms with Crippen molar-refractivity contribution < 1.29 is 24.2 Å². The maximum absolute atomic E-state index is 12.6. The zero-order valence-electron chi connectivity index (χ0n) is 20.2. The van der Waals surface area contributed by atoms with Crippen LogP contribution in [0, 0.1) is 5.92 Å². The Hall–Kier alpha value is -3.35. The second-order valence-corrected chi connectivity index (χ2v) is 9.98. The van der Waals surface area contributed by atoms with Gasteiger partial charge in [0.15, 0.2) is 0 Å². The van der Waals surface area contributed by atoms with E-state index in [4.69, 9.17) is 4.74 Å². The van der Waals surface area contributed by atoms with E-state index in [0.717, 1.165) is 30.4 Å². The molecule has 2 aromatic rings. The van der Waals surface area contributed by atoms with E-state index in [9.17, 15) is 19.5 Å². The summed E-state index contributed by atoms with van der Waals surface area (Å²) in [6.07, 6.45) is 3.95. The largest absolute Gasteiger partial charge is 0.481 e. The van der Waals surface area contributed by atoms with E-state index in [1.54, 1.807) is 0 Å². The molecule has 1 fully saturated rings. The van der Waals surface area contributed by atoms with Crippen molar-refractivity contribution in [1.82, 2.24) is 10.6 Å². The SMILES string of the molecule is CC(CNC(=O)OCC1c2ccccc2-c2ccccc21)CC(=O)NC1(CC(=O)O)CCCCC1. The van der Waals surface area contributed by atoms with E-state index in [1.165, 1.54) is 11.1 Å². The lowest BCUT2D eigenvalue weighted by atomic mass is 9.79.